The summed E-state index contributed by atoms with van der Waals surface area (Å²) in [6, 6.07) is 8.69. The van der Waals surface area contributed by atoms with Gasteiger partial charge in [-0.3, -0.25) is 0 Å². The monoisotopic (exact) mass is 233 g/mol. The Bertz CT molecular complexity index is 345. The minimum Gasteiger partial charge on any atom is -0.493 e. The number of ether oxygens (including phenoxy) is 1. The highest BCUT2D eigenvalue weighted by molar-refractivity contribution is 5.35. The summed E-state index contributed by atoms with van der Waals surface area (Å²) in [5.74, 6) is 1.81. The second-order valence-electron chi connectivity index (χ2n) is 5.01. The predicted octanol–water partition coefficient (Wildman–Crippen LogP) is 3.54. The topological polar surface area (TPSA) is 21.3 Å². The van der Waals surface area contributed by atoms with Crippen LogP contribution in [-0.4, -0.2) is 13.7 Å². The zero-order valence-corrected chi connectivity index (χ0v) is 10.9. The molecule has 1 aromatic carbocycles. The molecular formula is C15H23NO. The Morgan fingerprint density at radius 1 is 1.29 bits per heavy atom. The summed E-state index contributed by atoms with van der Waals surface area (Å²) in [5.41, 5.74) is 1.26. The summed E-state index contributed by atoms with van der Waals surface area (Å²) >= 11 is 0. The first kappa shape index (κ1) is 12.4. The lowest BCUT2D eigenvalue weighted by Crippen LogP contribution is -2.15. The Morgan fingerprint density at radius 3 is 2.71 bits per heavy atom. The van der Waals surface area contributed by atoms with Crippen LogP contribution in [0.4, 0.5) is 0 Å². The molecule has 1 aromatic rings. The van der Waals surface area contributed by atoms with Crippen molar-refractivity contribution in [1.29, 1.82) is 0 Å². The van der Waals surface area contributed by atoms with Gasteiger partial charge in [0.05, 0.1) is 6.61 Å². The molecule has 2 rings (SSSR count). The number of benzene rings is 1. The van der Waals surface area contributed by atoms with Gasteiger partial charge in [0, 0.05) is 11.6 Å². The lowest BCUT2D eigenvalue weighted by Gasteiger charge is -2.18. The van der Waals surface area contributed by atoms with Gasteiger partial charge in [-0.1, -0.05) is 31.0 Å². The maximum Gasteiger partial charge on any atom is 0.124 e. The van der Waals surface area contributed by atoms with E-state index in [9.17, 15) is 0 Å². The normalized spacial score (nSPS) is 18.2. The van der Waals surface area contributed by atoms with E-state index in [0.29, 0.717) is 6.04 Å². The van der Waals surface area contributed by atoms with Crippen LogP contribution in [0.5, 0.6) is 5.75 Å². The Balaban J connectivity index is 1.98. The van der Waals surface area contributed by atoms with E-state index in [-0.39, 0.29) is 0 Å². The van der Waals surface area contributed by atoms with Gasteiger partial charge in [-0.2, -0.15) is 0 Å². The molecule has 0 radical (unpaired) electrons. The molecule has 1 saturated carbocycles. The van der Waals surface area contributed by atoms with Crippen LogP contribution >= 0.6 is 0 Å². The average Bonchev–Trinajstić information content (AvgIpc) is 2.89. The van der Waals surface area contributed by atoms with E-state index in [1.54, 1.807) is 0 Å². The zero-order chi connectivity index (χ0) is 12.1. The van der Waals surface area contributed by atoms with Crippen LogP contribution in [0, 0.1) is 5.92 Å². The summed E-state index contributed by atoms with van der Waals surface area (Å²) in [6.45, 7) is 3.05. The molecule has 1 aliphatic carbocycles. The Morgan fingerprint density at radius 2 is 2.00 bits per heavy atom. The molecule has 1 N–H and O–H groups in total. The van der Waals surface area contributed by atoms with Crippen LogP contribution in [0.3, 0.4) is 0 Å². The first-order valence-corrected chi connectivity index (χ1v) is 6.70. The van der Waals surface area contributed by atoms with Gasteiger partial charge in [0.1, 0.15) is 5.75 Å². The highest BCUT2D eigenvalue weighted by atomic mass is 16.5. The molecule has 0 bridgehead atoms. The van der Waals surface area contributed by atoms with E-state index in [1.165, 1.54) is 31.2 Å². The third-order valence-corrected chi connectivity index (χ3v) is 3.77. The lowest BCUT2D eigenvalue weighted by atomic mass is 10.1. The van der Waals surface area contributed by atoms with Crippen molar-refractivity contribution in [2.24, 2.45) is 5.92 Å². The third kappa shape index (κ3) is 3.22. The average molecular weight is 233 g/mol. The Kier molecular flexibility index (Phi) is 4.43. The Labute approximate surface area is 104 Å². The van der Waals surface area contributed by atoms with Crippen molar-refractivity contribution < 1.29 is 4.74 Å². The van der Waals surface area contributed by atoms with Crippen molar-refractivity contribution in [3.63, 3.8) is 0 Å². The van der Waals surface area contributed by atoms with Crippen LogP contribution in [0.1, 0.15) is 44.2 Å². The number of hydrogen-bond acceptors (Lipinski definition) is 2. The minimum atomic E-state index is 0.342. The van der Waals surface area contributed by atoms with E-state index in [4.69, 9.17) is 4.74 Å². The molecule has 2 nitrogen and oxygen atoms in total. The largest absolute Gasteiger partial charge is 0.493 e. The molecule has 2 heteroatoms. The summed E-state index contributed by atoms with van der Waals surface area (Å²) < 4.78 is 6.00. The van der Waals surface area contributed by atoms with E-state index in [0.717, 1.165) is 18.3 Å². The fraction of sp³-hybridized carbons (Fsp3) is 0.600. The van der Waals surface area contributed by atoms with Gasteiger partial charge in [-0.05, 0) is 38.8 Å². The van der Waals surface area contributed by atoms with Gasteiger partial charge >= 0.3 is 0 Å². The van der Waals surface area contributed by atoms with Gasteiger partial charge in [-0.25, -0.2) is 0 Å². The lowest BCUT2D eigenvalue weighted by molar-refractivity contribution is 0.248. The summed E-state index contributed by atoms with van der Waals surface area (Å²) in [6.07, 6.45) is 5.43. The van der Waals surface area contributed by atoms with Crippen LogP contribution in [-0.2, 0) is 0 Å². The molecule has 94 valence electrons. The summed E-state index contributed by atoms with van der Waals surface area (Å²) in [7, 11) is 1.98. The highest BCUT2D eigenvalue weighted by Crippen LogP contribution is 2.28. The molecule has 1 fully saturated rings. The van der Waals surface area contributed by atoms with Gasteiger partial charge in [-0.15, -0.1) is 0 Å². The van der Waals surface area contributed by atoms with Crippen molar-refractivity contribution >= 4 is 0 Å². The van der Waals surface area contributed by atoms with Crippen LogP contribution < -0.4 is 10.1 Å². The predicted molar refractivity (Wildman–Crippen MR) is 71.4 cm³/mol. The first-order valence-electron chi connectivity index (χ1n) is 6.70. The number of rotatable bonds is 5. The molecule has 0 amide bonds. The molecule has 0 spiro atoms. The molecule has 17 heavy (non-hydrogen) atoms. The van der Waals surface area contributed by atoms with Crippen LogP contribution in [0.25, 0.3) is 0 Å². The zero-order valence-electron chi connectivity index (χ0n) is 10.9. The van der Waals surface area contributed by atoms with Crippen molar-refractivity contribution in [3.05, 3.63) is 29.8 Å². The molecule has 1 unspecified atom stereocenters. The Hall–Kier alpha value is -1.02. The third-order valence-electron chi connectivity index (χ3n) is 3.77. The van der Waals surface area contributed by atoms with Gasteiger partial charge in [0.2, 0.25) is 0 Å². The van der Waals surface area contributed by atoms with Crippen LogP contribution in [0.15, 0.2) is 24.3 Å². The summed E-state index contributed by atoms with van der Waals surface area (Å²) in [5, 5.41) is 3.27. The van der Waals surface area contributed by atoms with Gasteiger partial charge in [0.15, 0.2) is 0 Å². The molecule has 1 aliphatic rings. The molecule has 0 aliphatic heterocycles. The van der Waals surface area contributed by atoms with Crippen molar-refractivity contribution in [1.82, 2.24) is 5.32 Å². The first-order chi connectivity index (χ1) is 8.31. The quantitative estimate of drug-likeness (QED) is 0.840. The van der Waals surface area contributed by atoms with Crippen molar-refractivity contribution in [2.75, 3.05) is 13.7 Å². The van der Waals surface area contributed by atoms with E-state index < -0.39 is 0 Å². The fourth-order valence-electron chi connectivity index (χ4n) is 2.51. The van der Waals surface area contributed by atoms with Crippen LogP contribution in [0.2, 0.25) is 0 Å². The van der Waals surface area contributed by atoms with Crippen molar-refractivity contribution in [3.8, 4) is 5.75 Å². The second-order valence-corrected chi connectivity index (χ2v) is 5.01. The number of nitrogens with one attached hydrogen (secondary N) is 1. The molecule has 0 saturated heterocycles. The maximum atomic E-state index is 6.00. The highest BCUT2D eigenvalue weighted by Gasteiger charge is 2.16. The van der Waals surface area contributed by atoms with E-state index in [1.807, 2.05) is 7.05 Å². The smallest absolute Gasteiger partial charge is 0.124 e. The molecule has 0 aromatic heterocycles. The molecular weight excluding hydrogens is 210 g/mol. The SMILES string of the molecule is CNC(C)c1ccccc1OCC1CCCC1. The summed E-state index contributed by atoms with van der Waals surface area (Å²) in [4.78, 5) is 0. The molecule has 1 atom stereocenters. The minimum absolute atomic E-state index is 0.342. The number of para-hydroxylation sites is 1. The van der Waals surface area contributed by atoms with Gasteiger partial charge < -0.3 is 10.1 Å². The van der Waals surface area contributed by atoms with Gasteiger partial charge in [0.25, 0.3) is 0 Å². The number of hydrogen-bond donors (Lipinski definition) is 1. The standard InChI is InChI=1S/C15H23NO/c1-12(16-2)14-9-5-6-10-15(14)17-11-13-7-3-4-8-13/h5-6,9-10,12-13,16H,3-4,7-8,11H2,1-2H3. The fourth-order valence-corrected chi connectivity index (χ4v) is 2.51. The second kappa shape index (κ2) is 6.06. The van der Waals surface area contributed by atoms with Crippen molar-refractivity contribution in [2.45, 2.75) is 38.6 Å². The van der Waals surface area contributed by atoms with E-state index in [2.05, 4.69) is 36.5 Å². The maximum absolute atomic E-state index is 6.00. The molecule has 0 heterocycles. The van der Waals surface area contributed by atoms with E-state index >= 15 is 0 Å².